The summed E-state index contributed by atoms with van der Waals surface area (Å²) in [6.07, 6.45) is 11.2. The van der Waals surface area contributed by atoms with Crippen molar-refractivity contribution < 1.29 is 19.1 Å². The Bertz CT molecular complexity index is 362. The molecule has 0 amide bonds. The van der Waals surface area contributed by atoms with E-state index < -0.39 is 0 Å². The topological polar surface area (TPSA) is 52.6 Å². The summed E-state index contributed by atoms with van der Waals surface area (Å²) in [4.78, 5) is 22.9. The average Bonchev–Trinajstić information content (AvgIpc) is 2.54. The number of halogens is 1. The minimum Gasteiger partial charge on any atom is -0.466 e. The highest BCUT2D eigenvalue weighted by Crippen LogP contribution is 2.09. The van der Waals surface area contributed by atoms with Gasteiger partial charge in [0.2, 0.25) is 0 Å². The molecule has 4 nitrogen and oxygen atoms in total. The van der Waals surface area contributed by atoms with Gasteiger partial charge in [0.05, 0.1) is 19.4 Å². The summed E-state index contributed by atoms with van der Waals surface area (Å²) in [5.41, 5.74) is 1.09. The van der Waals surface area contributed by atoms with Crippen molar-refractivity contribution in [1.29, 1.82) is 0 Å². The van der Waals surface area contributed by atoms with E-state index in [4.69, 9.17) is 21.1 Å². The molecule has 0 aromatic heterocycles. The van der Waals surface area contributed by atoms with Gasteiger partial charge in [0.15, 0.2) is 0 Å². The molecule has 0 heterocycles. The summed E-state index contributed by atoms with van der Waals surface area (Å²) in [6, 6.07) is 0. The smallest absolute Gasteiger partial charge is 0.306 e. The molecule has 5 heteroatoms. The van der Waals surface area contributed by atoms with E-state index in [0.29, 0.717) is 6.61 Å². The molecule has 0 atom stereocenters. The predicted molar refractivity (Wildman–Crippen MR) is 98.2 cm³/mol. The first-order valence-electron chi connectivity index (χ1n) is 9.07. The fourth-order valence-corrected chi connectivity index (χ4v) is 2.28. The largest absolute Gasteiger partial charge is 0.466 e. The van der Waals surface area contributed by atoms with E-state index >= 15 is 0 Å². The first-order chi connectivity index (χ1) is 11.6. The third-order valence-corrected chi connectivity index (χ3v) is 3.83. The van der Waals surface area contributed by atoms with Gasteiger partial charge in [-0.1, -0.05) is 44.1 Å². The van der Waals surface area contributed by atoms with Crippen molar-refractivity contribution in [3.63, 3.8) is 0 Å². The van der Waals surface area contributed by atoms with Crippen LogP contribution in [0.1, 0.15) is 78.1 Å². The van der Waals surface area contributed by atoms with Gasteiger partial charge in [0.1, 0.15) is 6.61 Å². The quantitative estimate of drug-likeness (QED) is 0.175. The minimum atomic E-state index is -0.362. The molecule has 24 heavy (non-hydrogen) atoms. The Morgan fingerprint density at radius 2 is 1.29 bits per heavy atom. The molecule has 0 aliphatic rings. The van der Waals surface area contributed by atoms with Gasteiger partial charge >= 0.3 is 11.9 Å². The molecule has 0 spiro atoms. The van der Waals surface area contributed by atoms with E-state index in [1.54, 1.807) is 0 Å². The summed E-state index contributed by atoms with van der Waals surface area (Å²) < 4.78 is 10.1. The lowest BCUT2D eigenvalue weighted by molar-refractivity contribution is -0.149. The third kappa shape index (κ3) is 17.3. The number of carbonyl (C=O) groups excluding carboxylic acids is 2. The van der Waals surface area contributed by atoms with Gasteiger partial charge in [-0.25, -0.2) is 0 Å². The Morgan fingerprint density at radius 1 is 0.792 bits per heavy atom. The van der Waals surface area contributed by atoms with Gasteiger partial charge in [-0.3, -0.25) is 9.59 Å². The maximum Gasteiger partial charge on any atom is 0.306 e. The van der Waals surface area contributed by atoms with Crippen molar-refractivity contribution in [3.8, 4) is 0 Å². The van der Waals surface area contributed by atoms with Crippen LogP contribution in [0.3, 0.4) is 0 Å². The van der Waals surface area contributed by atoms with Crippen molar-refractivity contribution in [2.24, 2.45) is 0 Å². The zero-order chi connectivity index (χ0) is 18.0. The highest BCUT2D eigenvalue weighted by Gasteiger charge is 2.08. The van der Waals surface area contributed by atoms with Crippen LogP contribution < -0.4 is 0 Å². The molecule has 0 rings (SSSR count). The second kappa shape index (κ2) is 16.8. The number of alkyl halides is 1. The normalized spacial score (nSPS) is 10.3. The van der Waals surface area contributed by atoms with E-state index in [0.717, 1.165) is 30.7 Å². The van der Waals surface area contributed by atoms with Crippen molar-refractivity contribution >= 4 is 23.5 Å². The van der Waals surface area contributed by atoms with Crippen LogP contribution in [-0.4, -0.2) is 31.0 Å². The summed E-state index contributed by atoms with van der Waals surface area (Å²) in [5.74, 6) is 0.0762. The van der Waals surface area contributed by atoms with Crippen LogP contribution in [0.15, 0.2) is 11.6 Å². The molecular weight excluding hydrogens is 328 g/mol. The van der Waals surface area contributed by atoms with Crippen LogP contribution >= 0.6 is 11.6 Å². The molecule has 0 radical (unpaired) electrons. The van der Waals surface area contributed by atoms with E-state index in [-0.39, 0.29) is 31.4 Å². The fourth-order valence-electron chi connectivity index (χ4n) is 2.09. The van der Waals surface area contributed by atoms with Crippen molar-refractivity contribution in [2.75, 3.05) is 19.1 Å². The predicted octanol–water partition coefficient (Wildman–Crippen LogP) is 5.18. The maximum atomic E-state index is 11.5. The number of unbranched alkanes of at least 4 members (excludes halogenated alkanes) is 7. The molecule has 0 fully saturated rings. The molecule has 0 aromatic rings. The second-order valence-corrected chi connectivity index (χ2v) is 6.58. The molecular formula is C19H33ClO4. The van der Waals surface area contributed by atoms with E-state index in [1.165, 1.54) is 32.1 Å². The number of ether oxygens (including phenoxy) is 2. The third-order valence-electron chi connectivity index (χ3n) is 3.56. The number of allylic oxidation sites excluding steroid dienone is 1. The molecule has 0 unspecified atom stereocenters. The Balaban J connectivity index is 3.37. The number of carbonyl (C=O) groups is 2. The molecule has 0 aromatic carbocycles. The first-order valence-corrected chi connectivity index (χ1v) is 9.60. The summed E-state index contributed by atoms with van der Waals surface area (Å²) in [5, 5.41) is 0. The first kappa shape index (κ1) is 23.0. The SMILES string of the molecule is CC(C)=CCOC(=O)CCC(=O)OCCCCCCCCCCCl. The standard InChI is InChI=1S/C19H33ClO4/c1-17(2)13-16-24-19(22)12-11-18(21)23-15-10-8-6-4-3-5-7-9-14-20/h13H,3-12,14-16H2,1-2H3. The zero-order valence-corrected chi connectivity index (χ0v) is 16.0. The Hall–Kier alpha value is -1.03. The van der Waals surface area contributed by atoms with Crippen LogP contribution in [-0.2, 0) is 19.1 Å². The molecule has 0 saturated carbocycles. The Labute approximate surface area is 151 Å². The fraction of sp³-hybridized carbons (Fsp3) is 0.789. The minimum absolute atomic E-state index is 0.0811. The summed E-state index contributed by atoms with van der Waals surface area (Å²) >= 11 is 5.63. The van der Waals surface area contributed by atoms with Crippen LogP contribution in [0.5, 0.6) is 0 Å². The van der Waals surface area contributed by atoms with Gasteiger partial charge in [0.25, 0.3) is 0 Å². The van der Waals surface area contributed by atoms with E-state index in [1.807, 2.05) is 19.9 Å². The highest BCUT2D eigenvalue weighted by atomic mass is 35.5. The molecule has 0 saturated heterocycles. The van der Waals surface area contributed by atoms with Crippen molar-refractivity contribution in [2.45, 2.75) is 78.1 Å². The van der Waals surface area contributed by atoms with Gasteiger partial charge in [0, 0.05) is 5.88 Å². The van der Waals surface area contributed by atoms with Gasteiger partial charge in [-0.2, -0.15) is 0 Å². The lowest BCUT2D eigenvalue weighted by Crippen LogP contribution is -2.11. The Morgan fingerprint density at radius 3 is 1.83 bits per heavy atom. The van der Waals surface area contributed by atoms with Gasteiger partial charge in [-0.05, 0) is 32.8 Å². The monoisotopic (exact) mass is 360 g/mol. The molecule has 0 aliphatic heterocycles. The zero-order valence-electron chi connectivity index (χ0n) is 15.3. The van der Waals surface area contributed by atoms with Crippen LogP contribution in [0.2, 0.25) is 0 Å². The van der Waals surface area contributed by atoms with Crippen LogP contribution in [0.25, 0.3) is 0 Å². The average molecular weight is 361 g/mol. The van der Waals surface area contributed by atoms with Gasteiger partial charge < -0.3 is 9.47 Å². The van der Waals surface area contributed by atoms with Gasteiger partial charge in [-0.15, -0.1) is 11.6 Å². The van der Waals surface area contributed by atoms with E-state index in [2.05, 4.69) is 0 Å². The molecule has 140 valence electrons. The van der Waals surface area contributed by atoms with Crippen molar-refractivity contribution in [1.82, 2.24) is 0 Å². The van der Waals surface area contributed by atoms with Crippen molar-refractivity contribution in [3.05, 3.63) is 11.6 Å². The molecule has 0 bridgehead atoms. The van der Waals surface area contributed by atoms with E-state index in [9.17, 15) is 9.59 Å². The lowest BCUT2D eigenvalue weighted by Gasteiger charge is -2.05. The molecule has 0 aliphatic carbocycles. The van der Waals surface area contributed by atoms with Crippen LogP contribution in [0.4, 0.5) is 0 Å². The number of hydrogen-bond donors (Lipinski definition) is 0. The maximum absolute atomic E-state index is 11.5. The summed E-state index contributed by atoms with van der Waals surface area (Å²) in [7, 11) is 0. The molecule has 0 N–H and O–H groups in total. The number of rotatable bonds is 15. The number of hydrogen-bond acceptors (Lipinski definition) is 4. The second-order valence-electron chi connectivity index (χ2n) is 6.20. The lowest BCUT2D eigenvalue weighted by atomic mass is 10.1. The highest BCUT2D eigenvalue weighted by molar-refractivity contribution is 6.17. The Kier molecular flexibility index (Phi) is 16.1. The van der Waals surface area contributed by atoms with Crippen LogP contribution in [0, 0.1) is 0 Å². The number of esters is 2. The summed E-state index contributed by atoms with van der Waals surface area (Å²) in [6.45, 7) is 4.58.